The fourth-order valence-electron chi connectivity index (χ4n) is 3.93. The zero-order chi connectivity index (χ0) is 27.2. The predicted molar refractivity (Wildman–Crippen MR) is 152 cm³/mol. The van der Waals surface area contributed by atoms with Crippen LogP contribution in [-0.2, 0) is 16.0 Å². The molecule has 0 N–H and O–H groups in total. The van der Waals surface area contributed by atoms with E-state index in [1.807, 2.05) is 30.3 Å². The molecule has 3 rings (SSSR count). The molecule has 0 atom stereocenters. The first-order valence-corrected chi connectivity index (χ1v) is 13.4. The van der Waals surface area contributed by atoms with Gasteiger partial charge in [0.25, 0.3) is 0 Å². The van der Waals surface area contributed by atoms with E-state index >= 15 is 0 Å². The van der Waals surface area contributed by atoms with E-state index in [4.69, 9.17) is 14.2 Å². The van der Waals surface area contributed by atoms with Crippen LogP contribution in [0.2, 0.25) is 0 Å². The Hall–Kier alpha value is -3.64. The number of quaternary nitrogens is 1. The first-order chi connectivity index (χ1) is 18.3. The molecule has 0 aromatic heterocycles. The highest BCUT2D eigenvalue weighted by Crippen LogP contribution is 2.21. The highest BCUT2D eigenvalue weighted by atomic mass is 16.5. The average molecular weight is 519 g/mol. The minimum Gasteiger partial charge on any atom is -0.493 e. The van der Waals surface area contributed by atoms with Crippen LogP contribution < -0.4 is 14.0 Å². The number of benzene rings is 3. The molecular weight excluding hydrogens is 478 g/mol. The number of carbonyl (C=O) groups is 2. The van der Waals surface area contributed by atoms with Crippen molar-refractivity contribution in [1.29, 1.82) is 0 Å². The number of carbonyl (C=O) groups excluding carboxylic acids is 2. The fraction of sp³-hybridized carbons (Fsp3) is 0.375. The van der Waals surface area contributed by atoms with Crippen LogP contribution in [0.25, 0.3) is 0 Å². The maximum Gasteiger partial charge on any atom is 0.343 e. The molecule has 3 aromatic rings. The van der Waals surface area contributed by atoms with Gasteiger partial charge in [-0.2, -0.15) is 0 Å². The number of hydrogen-bond acceptors (Lipinski definition) is 5. The lowest BCUT2D eigenvalue weighted by atomic mass is 10.1. The van der Waals surface area contributed by atoms with Crippen LogP contribution in [0.15, 0.2) is 78.9 Å². The van der Waals surface area contributed by atoms with E-state index in [1.54, 1.807) is 36.4 Å². The largest absolute Gasteiger partial charge is 0.493 e. The summed E-state index contributed by atoms with van der Waals surface area (Å²) in [5, 5.41) is 0. The highest BCUT2D eigenvalue weighted by molar-refractivity contribution is 5.91. The van der Waals surface area contributed by atoms with Gasteiger partial charge in [-0.1, -0.05) is 62.1 Å². The van der Waals surface area contributed by atoms with Crippen LogP contribution in [0, 0.1) is 0 Å². The van der Waals surface area contributed by atoms with Crippen molar-refractivity contribution in [2.45, 2.75) is 44.9 Å². The van der Waals surface area contributed by atoms with Crippen molar-refractivity contribution < 1.29 is 23.8 Å². The fourth-order valence-corrected chi connectivity index (χ4v) is 3.93. The van der Waals surface area contributed by atoms with Gasteiger partial charge in [-0.25, -0.2) is 4.79 Å². The Kier molecular flexibility index (Phi) is 11.4. The van der Waals surface area contributed by atoms with Gasteiger partial charge >= 0.3 is 11.9 Å². The smallest absolute Gasteiger partial charge is 0.343 e. The van der Waals surface area contributed by atoms with Gasteiger partial charge in [0.15, 0.2) is 0 Å². The zero-order valence-corrected chi connectivity index (χ0v) is 22.9. The third-order valence-electron chi connectivity index (χ3n) is 6.16. The zero-order valence-electron chi connectivity index (χ0n) is 22.9. The molecule has 0 radical (unpaired) electrons. The number of ether oxygens (including phenoxy) is 3. The van der Waals surface area contributed by atoms with Crippen molar-refractivity contribution in [2.24, 2.45) is 0 Å². The molecule has 0 spiro atoms. The molecule has 0 aliphatic heterocycles. The second-order valence-corrected chi connectivity index (χ2v) is 10.3. The van der Waals surface area contributed by atoms with Crippen molar-refractivity contribution >= 4 is 17.6 Å². The lowest BCUT2D eigenvalue weighted by Gasteiger charge is -2.23. The van der Waals surface area contributed by atoms with E-state index in [1.165, 1.54) is 5.69 Å². The summed E-state index contributed by atoms with van der Waals surface area (Å²) in [4.78, 5) is 24.3. The highest BCUT2D eigenvalue weighted by Gasteiger charge is 2.12. The number of esters is 2. The standard InChI is InChI=1S/C32H40NO5/c1-33(2,3)28-20-18-26(19-21-28)24-31(34)37-23-12-7-5-4-6-11-22-36-29-16-13-17-30(25-29)38-32(35)27-14-9-8-10-15-27/h8-10,13-21,25H,4-7,11-12,22-24H2,1-3H3/q+1. The molecule has 6 heteroatoms. The Morgan fingerprint density at radius 1 is 0.684 bits per heavy atom. The predicted octanol–water partition coefficient (Wildman–Crippen LogP) is 6.61. The molecule has 38 heavy (non-hydrogen) atoms. The van der Waals surface area contributed by atoms with Gasteiger partial charge in [0.1, 0.15) is 17.2 Å². The number of unbranched alkanes of at least 4 members (excludes halogenated alkanes) is 5. The molecule has 0 unspecified atom stereocenters. The molecule has 202 valence electrons. The van der Waals surface area contributed by atoms with Crippen molar-refractivity contribution in [3.63, 3.8) is 0 Å². The Morgan fingerprint density at radius 2 is 1.32 bits per heavy atom. The molecule has 6 nitrogen and oxygen atoms in total. The second kappa shape index (κ2) is 14.9. The summed E-state index contributed by atoms with van der Waals surface area (Å²) in [5.74, 6) is 0.603. The summed E-state index contributed by atoms with van der Waals surface area (Å²) in [5.41, 5.74) is 2.69. The third kappa shape index (κ3) is 10.4. The molecule has 0 fully saturated rings. The van der Waals surface area contributed by atoms with E-state index in [9.17, 15) is 9.59 Å². The topological polar surface area (TPSA) is 61.8 Å². The first kappa shape index (κ1) is 28.9. The van der Waals surface area contributed by atoms with Gasteiger partial charge in [0.05, 0.1) is 46.3 Å². The molecule has 0 saturated heterocycles. The average Bonchev–Trinajstić information content (AvgIpc) is 2.90. The van der Waals surface area contributed by atoms with Crippen molar-refractivity contribution in [3.8, 4) is 11.5 Å². The second-order valence-electron chi connectivity index (χ2n) is 10.3. The Labute approximate surface area is 226 Å². The van der Waals surface area contributed by atoms with Gasteiger partial charge in [-0.05, 0) is 54.8 Å². The van der Waals surface area contributed by atoms with E-state index in [2.05, 4.69) is 33.3 Å². The molecular formula is C32H40NO5+. The Morgan fingerprint density at radius 3 is 2.00 bits per heavy atom. The van der Waals surface area contributed by atoms with Gasteiger partial charge in [0, 0.05) is 6.07 Å². The molecule has 0 aliphatic carbocycles. The van der Waals surface area contributed by atoms with E-state index in [-0.39, 0.29) is 11.9 Å². The molecule has 0 amide bonds. The van der Waals surface area contributed by atoms with Gasteiger partial charge in [-0.3, -0.25) is 9.28 Å². The molecule has 3 aromatic carbocycles. The maximum absolute atomic E-state index is 12.2. The first-order valence-electron chi connectivity index (χ1n) is 13.4. The lowest BCUT2D eigenvalue weighted by Crippen LogP contribution is -2.34. The quantitative estimate of drug-likeness (QED) is 0.0981. The molecule has 0 heterocycles. The number of nitrogens with zero attached hydrogens (tertiary/aromatic N) is 1. The van der Waals surface area contributed by atoms with Crippen molar-refractivity contribution in [2.75, 3.05) is 34.4 Å². The summed E-state index contributed by atoms with van der Waals surface area (Å²) in [7, 11) is 6.35. The van der Waals surface area contributed by atoms with E-state index in [0.29, 0.717) is 36.7 Å². The van der Waals surface area contributed by atoms with Gasteiger partial charge < -0.3 is 14.2 Å². The monoisotopic (exact) mass is 518 g/mol. The van der Waals surface area contributed by atoms with Gasteiger partial charge in [0.2, 0.25) is 0 Å². The summed E-state index contributed by atoms with van der Waals surface area (Å²) < 4.78 is 17.4. The SMILES string of the molecule is C[N+](C)(C)c1ccc(CC(=O)OCCCCCCCCOc2cccc(OC(=O)c3ccccc3)c2)cc1. The minimum absolute atomic E-state index is 0.168. The van der Waals surface area contributed by atoms with Crippen LogP contribution in [0.3, 0.4) is 0 Å². The molecule has 0 bridgehead atoms. The Balaban J connectivity index is 1.20. The van der Waals surface area contributed by atoms with E-state index < -0.39 is 0 Å². The van der Waals surface area contributed by atoms with Gasteiger partial charge in [-0.15, -0.1) is 0 Å². The number of hydrogen-bond donors (Lipinski definition) is 0. The summed E-state index contributed by atoms with van der Waals surface area (Å²) in [6.07, 6.45) is 6.50. The summed E-state index contributed by atoms with van der Waals surface area (Å²) >= 11 is 0. The van der Waals surface area contributed by atoms with Crippen LogP contribution in [0.1, 0.15) is 54.4 Å². The van der Waals surface area contributed by atoms with E-state index in [0.717, 1.165) is 48.6 Å². The maximum atomic E-state index is 12.2. The molecule has 0 saturated carbocycles. The summed E-state index contributed by atoms with van der Waals surface area (Å²) in [6.45, 7) is 1.09. The Bertz CT molecular complexity index is 1140. The normalized spacial score (nSPS) is 11.1. The van der Waals surface area contributed by atoms with Crippen LogP contribution in [0.4, 0.5) is 5.69 Å². The minimum atomic E-state index is -0.386. The summed E-state index contributed by atoms with van der Waals surface area (Å²) in [6, 6.07) is 24.2. The van der Waals surface area contributed by atoms with Crippen LogP contribution in [0.5, 0.6) is 11.5 Å². The number of rotatable bonds is 15. The molecule has 0 aliphatic rings. The third-order valence-corrected chi connectivity index (χ3v) is 6.16. The van der Waals surface area contributed by atoms with Crippen molar-refractivity contribution in [1.82, 2.24) is 4.48 Å². The van der Waals surface area contributed by atoms with Crippen molar-refractivity contribution in [3.05, 3.63) is 90.0 Å². The lowest BCUT2D eigenvalue weighted by molar-refractivity contribution is -0.142. The van der Waals surface area contributed by atoms with Crippen LogP contribution in [-0.4, -0.2) is 46.3 Å². The van der Waals surface area contributed by atoms with Crippen LogP contribution >= 0.6 is 0 Å².